The molecular weight excluding hydrogens is 538 g/mol. The summed E-state index contributed by atoms with van der Waals surface area (Å²) in [6.07, 6.45) is 6.02. The molecule has 4 aromatic rings. The Labute approximate surface area is 234 Å². The second-order valence-electron chi connectivity index (χ2n) is 9.99. The third-order valence-electron chi connectivity index (χ3n) is 6.76. The van der Waals surface area contributed by atoms with Crippen LogP contribution in [0.25, 0.3) is 11.0 Å². The molecule has 0 aliphatic heterocycles. The van der Waals surface area contributed by atoms with Crippen LogP contribution in [0.1, 0.15) is 73.6 Å². The third-order valence-corrected chi connectivity index (χ3v) is 7.25. The number of unbranched alkanes of at least 4 members (excludes halogenated alkanes) is 3. The van der Waals surface area contributed by atoms with Gasteiger partial charge >= 0.3 is 0 Å². The number of nitrogens with one attached hydrogen (secondary N) is 1. The fourth-order valence-corrected chi connectivity index (χ4v) is 5.13. The molecule has 5 nitrogen and oxygen atoms in total. The van der Waals surface area contributed by atoms with Gasteiger partial charge in [0.05, 0.1) is 17.6 Å². The van der Waals surface area contributed by atoms with Gasteiger partial charge in [-0.25, -0.2) is 4.98 Å². The number of rotatable bonds is 14. The molecule has 1 N–H and O–H groups in total. The number of carbonyl (C=O) groups is 1. The zero-order valence-electron chi connectivity index (χ0n) is 22.5. The molecule has 200 valence electrons. The fraction of sp³-hybridized carbons (Fsp3) is 0.375. The standard InChI is InChI=1S/C32H38BrN3O2/c1-24(2)27-15-5-8-18-30(27)38-22-11-10-21-36-29-17-7-6-16-28(29)35-31(36)19-4-3-9-20-34-32(37)25-13-12-14-26(33)23-25/h5-8,12-18,23-24H,3-4,9-11,19-22H2,1-2H3,(H,34,37). The van der Waals surface area contributed by atoms with Crippen molar-refractivity contribution in [2.45, 2.75) is 64.8 Å². The Morgan fingerprint density at radius 1 is 0.947 bits per heavy atom. The first kappa shape index (κ1) is 27.9. The Morgan fingerprint density at radius 2 is 1.76 bits per heavy atom. The summed E-state index contributed by atoms with van der Waals surface area (Å²) in [5.74, 6) is 2.58. The average Bonchev–Trinajstić information content (AvgIpc) is 3.27. The summed E-state index contributed by atoms with van der Waals surface area (Å²) in [6, 6.07) is 24.2. The first-order chi connectivity index (χ1) is 18.5. The Balaban J connectivity index is 1.23. The van der Waals surface area contributed by atoms with Crippen molar-refractivity contribution in [1.82, 2.24) is 14.9 Å². The predicted octanol–water partition coefficient (Wildman–Crippen LogP) is 7.92. The normalized spacial score (nSPS) is 11.3. The first-order valence-electron chi connectivity index (χ1n) is 13.7. The molecule has 0 fully saturated rings. The summed E-state index contributed by atoms with van der Waals surface area (Å²) in [5.41, 5.74) is 4.21. The monoisotopic (exact) mass is 575 g/mol. The van der Waals surface area contributed by atoms with E-state index in [0.29, 0.717) is 18.0 Å². The maximum atomic E-state index is 12.3. The predicted molar refractivity (Wildman–Crippen MR) is 159 cm³/mol. The van der Waals surface area contributed by atoms with E-state index in [-0.39, 0.29) is 5.91 Å². The molecule has 3 aromatic carbocycles. The van der Waals surface area contributed by atoms with Crippen molar-refractivity contribution in [2.75, 3.05) is 13.2 Å². The number of imidazole rings is 1. The lowest BCUT2D eigenvalue weighted by atomic mass is 10.0. The summed E-state index contributed by atoms with van der Waals surface area (Å²) < 4.78 is 9.43. The minimum atomic E-state index is -0.0234. The van der Waals surface area contributed by atoms with Crippen LogP contribution in [-0.2, 0) is 13.0 Å². The number of nitrogens with zero attached hydrogens (tertiary/aromatic N) is 2. The van der Waals surface area contributed by atoms with Crippen LogP contribution in [0.5, 0.6) is 5.75 Å². The van der Waals surface area contributed by atoms with E-state index in [1.165, 1.54) is 11.1 Å². The Morgan fingerprint density at radius 3 is 2.61 bits per heavy atom. The van der Waals surface area contributed by atoms with Crippen LogP contribution in [0.3, 0.4) is 0 Å². The number of fused-ring (bicyclic) bond motifs is 1. The molecule has 0 unspecified atom stereocenters. The lowest BCUT2D eigenvalue weighted by Gasteiger charge is -2.14. The third kappa shape index (κ3) is 7.70. The van der Waals surface area contributed by atoms with Crippen molar-refractivity contribution in [3.8, 4) is 5.75 Å². The summed E-state index contributed by atoms with van der Waals surface area (Å²) in [4.78, 5) is 17.3. The lowest BCUT2D eigenvalue weighted by molar-refractivity contribution is 0.0953. The number of hydrogen-bond donors (Lipinski definition) is 1. The van der Waals surface area contributed by atoms with Crippen molar-refractivity contribution in [1.29, 1.82) is 0 Å². The molecule has 4 rings (SSSR count). The minimum absolute atomic E-state index is 0.0234. The van der Waals surface area contributed by atoms with Crippen molar-refractivity contribution < 1.29 is 9.53 Å². The van der Waals surface area contributed by atoms with Gasteiger partial charge in [0.2, 0.25) is 0 Å². The van der Waals surface area contributed by atoms with Gasteiger partial charge in [-0.2, -0.15) is 0 Å². The fourth-order valence-electron chi connectivity index (χ4n) is 4.73. The molecular formula is C32H38BrN3O2. The molecule has 6 heteroatoms. The van der Waals surface area contributed by atoms with E-state index in [4.69, 9.17) is 9.72 Å². The maximum absolute atomic E-state index is 12.3. The van der Waals surface area contributed by atoms with E-state index in [0.717, 1.165) is 73.2 Å². The summed E-state index contributed by atoms with van der Waals surface area (Å²) in [7, 11) is 0. The second kappa shape index (κ2) is 14.1. The minimum Gasteiger partial charge on any atom is -0.493 e. The van der Waals surface area contributed by atoms with Crippen LogP contribution in [0.2, 0.25) is 0 Å². The molecule has 0 spiro atoms. The van der Waals surface area contributed by atoms with Crippen LogP contribution in [0.4, 0.5) is 0 Å². The highest BCUT2D eigenvalue weighted by Crippen LogP contribution is 2.26. The van der Waals surface area contributed by atoms with Crippen LogP contribution in [0.15, 0.2) is 77.3 Å². The van der Waals surface area contributed by atoms with Gasteiger partial charge < -0.3 is 14.6 Å². The highest BCUT2D eigenvalue weighted by Gasteiger charge is 2.11. The summed E-state index contributed by atoms with van der Waals surface area (Å²) in [5, 5.41) is 3.03. The number of hydrogen-bond acceptors (Lipinski definition) is 3. The quantitative estimate of drug-likeness (QED) is 0.155. The lowest BCUT2D eigenvalue weighted by Crippen LogP contribution is -2.24. The number of halogens is 1. The van der Waals surface area contributed by atoms with E-state index >= 15 is 0 Å². The number of carbonyl (C=O) groups excluding carboxylic acids is 1. The molecule has 38 heavy (non-hydrogen) atoms. The first-order valence-corrected chi connectivity index (χ1v) is 14.5. The van der Waals surface area contributed by atoms with Crippen LogP contribution >= 0.6 is 15.9 Å². The molecule has 1 aromatic heterocycles. The number of amides is 1. The Hall–Kier alpha value is -3.12. The SMILES string of the molecule is CC(C)c1ccccc1OCCCCn1c(CCCCCNC(=O)c2cccc(Br)c2)nc2ccccc21. The molecule has 0 saturated heterocycles. The van der Waals surface area contributed by atoms with Gasteiger partial charge in [0.1, 0.15) is 11.6 Å². The van der Waals surface area contributed by atoms with Gasteiger partial charge in [-0.3, -0.25) is 4.79 Å². The molecule has 1 heterocycles. The second-order valence-corrected chi connectivity index (χ2v) is 10.9. The summed E-state index contributed by atoms with van der Waals surface area (Å²) >= 11 is 3.42. The zero-order chi connectivity index (χ0) is 26.7. The van der Waals surface area contributed by atoms with Crippen molar-refractivity contribution in [2.24, 2.45) is 0 Å². The van der Waals surface area contributed by atoms with Crippen molar-refractivity contribution in [3.63, 3.8) is 0 Å². The van der Waals surface area contributed by atoms with E-state index in [2.05, 4.69) is 82.1 Å². The van der Waals surface area contributed by atoms with E-state index in [1.807, 2.05) is 30.3 Å². The molecule has 0 aliphatic carbocycles. The zero-order valence-corrected chi connectivity index (χ0v) is 24.0. The van der Waals surface area contributed by atoms with Gasteiger partial charge in [-0.05, 0) is 73.6 Å². The number of aryl methyl sites for hydroxylation is 2. The van der Waals surface area contributed by atoms with Gasteiger partial charge in [-0.1, -0.05) is 72.6 Å². The average molecular weight is 577 g/mol. The van der Waals surface area contributed by atoms with E-state index in [1.54, 1.807) is 0 Å². The van der Waals surface area contributed by atoms with Gasteiger partial charge in [-0.15, -0.1) is 0 Å². The van der Waals surface area contributed by atoms with Crippen LogP contribution in [-0.4, -0.2) is 28.6 Å². The summed E-state index contributed by atoms with van der Waals surface area (Å²) in [6.45, 7) is 6.74. The Kier molecular flexibility index (Phi) is 10.4. The molecule has 0 bridgehead atoms. The Bertz CT molecular complexity index is 1330. The molecule has 0 aliphatic rings. The van der Waals surface area contributed by atoms with Crippen molar-refractivity contribution >= 4 is 32.9 Å². The molecule has 0 saturated carbocycles. The maximum Gasteiger partial charge on any atom is 0.251 e. The topological polar surface area (TPSA) is 56.1 Å². The number of ether oxygens (including phenoxy) is 1. The van der Waals surface area contributed by atoms with E-state index in [9.17, 15) is 4.79 Å². The highest BCUT2D eigenvalue weighted by atomic mass is 79.9. The molecule has 1 amide bonds. The van der Waals surface area contributed by atoms with Crippen molar-refractivity contribution in [3.05, 3.63) is 94.2 Å². The number of benzene rings is 3. The van der Waals surface area contributed by atoms with Gasteiger partial charge in [0, 0.05) is 29.5 Å². The smallest absolute Gasteiger partial charge is 0.251 e. The van der Waals surface area contributed by atoms with Crippen LogP contribution in [0, 0.1) is 0 Å². The highest BCUT2D eigenvalue weighted by molar-refractivity contribution is 9.10. The van der Waals surface area contributed by atoms with E-state index < -0.39 is 0 Å². The molecule has 0 atom stereocenters. The van der Waals surface area contributed by atoms with Gasteiger partial charge in [0.15, 0.2) is 0 Å². The molecule has 0 radical (unpaired) electrons. The van der Waals surface area contributed by atoms with Gasteiger partial charge in [0.25, 0.3) is 5.91 Å². The number of aromatic nitrogens is 2. The number of para-hydroxylation sites is 3. The van der Waals surface area contributed by atoms with Crippen LogP contribution < -0.4 is 10.1 Å². The largest absolute Gasteiger partial charge is 0.493 e.